The number of piperazine rings is 2. The molecule has 0 aromatic heterocycles. The maximum atomic E-state index is 12.6. The van der Waals surface area contributed by atoms with Crippen LogP contribution in [0.4, 0.5) is 5.69 Å². The fraction of sp³-hybridized carbons (Fsp3) is 0.571. The van der Waals surface area contributed by atoms with Crippen molar-refractivity contribution in [1.29, 1.82) is 0 Å². The Labute approximate surface area is 126 Å². The van der Waals surface area contributed by atoms with Gasteiger partial charge in [0, 0.05) is 58.0 Å². The van der Waals surface area contributed by atoms with Crippen molar-refractivity contribution in [2.45, 2.75) is 0 Å². The normalized spacial score (nSPS) is 22.4. The van der Waals surface area contributed by atoms with Gasteiger partial charge in [-0.2, -0.15) is 17.0 Å². The van der Waals surface area contributed by atoms with E-state index in [0.717, 1.165) is 31.9 Å². The molecule has 2 fully saturated rings. The van der Waals surface area contributed by atoms with Gasteiger partial charge in [0.25, 0.3) is 10.2 Å². The molecule has 21 heavy (non-hydrogen) atoms. The van der Waals surface area contributed by atoms with Gasteiger partial charge < -0.3 is 10.2 Å². The third-order valence-corrected chi connectivity index (χ3v) is 6.12. The first-order chi connectivity index (χ1) is 10.2. The van der Waals surface area contributed by atoms with Crippen molar-refractivity contribution < 1.29 is 8.42 Å². The summed E-state index contributed by atoms with van der Waals surface area (Å²) in [7, 11) is -3.29. The van der Waals surface area contributed by atoms with Crippen LogP contribution in [0.3, 0.4) is 0 Å². The summed E-state index contributed by atoms with van der Waals surface area (Å²) in [4.78, 5) is 2.24. The minimum absolute atomic E-state index is 0.557. The lowest BCUT2D eigenvalue weighted by molar-refractivity contribution is 0.303. The molecule has 7 heteroatoms. The number of hydrogen-bond donors (Lipinski definition) is 1. The molecule has 0 atom stereocenters. The lowest BCUT2D eigenvalue weighted by Crippen LogP contribution is -2.56. The second-order valence-corrected chi connectivity index (χ2v) is 7.31. The van der Waals surface area contributed by atoms with Crippen molar-refractivity contribution in [2.75, 3.05) is 57.3 Å². The molecule has 6 nitrogen and oxygen atoms in total. The fourth-order valence-electron chi connectivity index (χ4n) is 2.85. The molecule has 2 heterocycles. The van der Waals surface area contributed by atoms with Gasteiger partial charge >= 0.3 is 0 Å². The van der Waals surface area contributed by atoms with Gasteiger partial charge in [0.05, 0.1) is 0 Å². The maximum Gasteiger partial charge on any atom is 0.282 e. The summed E-state index contributed by atoms with van der Waals surface area (Å²) in [5, 5.41) is 3.19. The number of nitrogens with one attached hydrogen (secondary N) is 1. The molecule has 2 aliphatic heterocycles. The van der Waals surface area contributed by atoms with Crippen molar-refractivity contribution in [3.05, 3.63) is 30.3 Å². The number of anilines is 1. The molecular weight excluding hydrogens is 288 g/mol. The van der Waals surface area contributed by atoms with Crippen LogP contribution in [0.1, 0.15) is 0 Å². The number of para-hydroxylation sites is 1. The number of benzene rings is 1. The van der Waals surface area contributed by atoms with Crippen LogP contribution in [0, 0.1) is 0 Å². The Bertz CT molecular complexity index is 550. The van der Waals surface area contributed by atoms with E-state index >= 15 is 0 Å². The van der Waals surface area contributed by atoms with E-state index in [1.165, 1.54) is 0 Å². The Morgan fingerprint density at radius 1 is 0.810 bits per heavy atom. The van der Waals surface area contributed by atoms with E-state index < -0.39 is 10.2 Å². The molecular formula is C14H22N4O2S. The Morgan fingerprint density at radius 2 is 1.38 bits per heavy atom. The molecule has 116 valence electrons. The van der Waals surface area contributed by atoms with Crippen molar-refractivity contribution in [2.24, 2.45) is 0 Å². The summed E-state index contributed by atoms with van der Waals surface area (Å²) < 4.78 is 28.4. The van der Waals surface area contributed by atoms with Gasteiger partial charge in [0.1, 0.15) is 0 Å². The third kappa shape index (κ3) is 3.21. The molecule has 1 aromatic carbocycles. The standard InChI is InChI=1S/C14H22N4O2S/c19-21(20,17-8-6-15-7-9-17)18-12-10-16(11-13-18)14-4-2-1-3-5-14/h1-5,15H,6-13H2. The molecule has 0 bridgehead atoms. The van der Waals surface area contributed by atoms with Crippen LogP contribution in [0.15, 0.2) is 30.3 Å². The molecule has 2 aliphatic rings. The molecule has 1 N–H and O–H groups in total. The zero-order valence-corrected chi connectivity index (χ0v) is 12.9. The highest BCUT2D eigenvalue weighted by Crippen LogP contribution is 2.18. The van der Waals surface area contributed by atoms with E-state index in [1.807, 2.05) is 18.2 Å². The number of rotatable bonds is 3. The van der Waals surface area contributed by atoms with Gasteiger partial charge in [-0.05, 0) is 12.1 Å². The Morgan fingerprint density at radius 3 is 2.00 bits per heavy atom. The van der Waals surface area contributed by atoms with E-state index in [9.17, 15) is 8.42 Å². The summed E-state index contributed by atoms with van der Waals surface area (Å²) in [5.41, 5.74) is 1.16. The Balaban J connectivity index is 1.62. The van der Waals surface area contributed by atoms with Crippen LogP contribution >= 0.6 is 0 Å². The van der Waals surface area contributed by atoms with Crippen molar-refractivity contribution in [3.8, 4) is 0 Å². The predicted molar refractivity (Wildman–Crippen MR) is 83.6 cm³/mol. The quantitative estimate of drug-likeness (QED) is 0.851. The largest absolute Gasteiger partial charge is 0.369 e. The molecule has 0 radical (unpaired) electrons. The third-order valence-electron chi connectivity index (χ3n) is 4.09. The molecule has 0 saturated carbocycles. The van der Waals surface area contributed by atoms with Gasteiger partial charge in [-0.15, -0.1) is 0 Å². The summed E-state index contributed by atoms with van der Waals surface area (Å²) in [6, 6.07) is 10.2. The van der Waals surface area contributed by atoms with Crippen LogP contribution in [-0.4, -0.2) is 69.4 Å². The summed E-state index contributed by atoms with van der Waals surface area (Å²) in [6.07, 6.45) is 0. The summed E-state index contributed by atoms with van der Waals surface area (Å²) in [5.74, 6) is 0. The lowest BCUT2D eigenvalue weighted by atomic mass is 10.2. The highest BCUT2D eigenvalue weighted by Gasteiger charge is 2.32. The van der Waals surface area contributed by atoms with E-state index in [4.69, 9.17) is 0 Å². The highest BCUT2D eigenvalue weighted by molar-refractivity contribution is 7.86. The smallest absolute Gasteiger partial charge is 0.282 e. The second kappa shape index (κ2) is 6.31. The van der Waals surface area contributed by atoms with Gasteiger partial charge in [0.2, 0.25) is 0 Å². The Kier molecular flexibility index (Phi) is 4.44. The van der Waals surface area contributed by atoms with Crippen molar-refractivity contribution >= 4 is 15.9 Å². The first-order valence-electron chi connectivity index (χ1n) is 7.44. The topological polar surface area (TPSA) is 55.9 Å². The van der Waals surface area contributed by atoms with Gasteiger partial charge in [-0.3, -0.25) is 0 Å². The molecule has 1 aromatic rings. The second-order valence-electron chi connectivity index (χ2n) is 5.38. The number of hydrogen-bond acceptors (Lipinski definition) is 4. The molecule has 0 unspecified atom stereocenters. The van der Waals surface area contributed by atoms with Crippen LogP contribution in [0.2, 0.25) is 0 Å². The van der Waals surface area contributed by atoms with Gasteiger partial charge in [0.15, 0.2) is 0 Å². The van der Waals surface area contributed by atoms with E-state index in [2.05, 4.69) is 22.3 Å². The van der Waals surface area contributed by atoms with Crippen LogP contribution in [0.5, 0.6) is 0 Å². The van der Waals surface area contributed by atoms with Crippen LogP contribution in [-0.2, 0) is 10.2 Å². The molecule has 3 rings (SSSR count). The Hall–Kier alpha value is -1.15. The zero-order chi connectivity index (χ0) is 14.7. The predicted octanol–water partition coefficient (Wildman–Crippen LogP) is -0.0414. The minimum Gasteiger partial charge on any atom is -0.369 e. The van der Waals surface area contributed by atoms with Crippen molar-refractivity contribution in [3.63, 3.8) is 0 Å². The number of nitrogens with zero attached hydrogens (tertiary/aromatic N) is 3. The summed E-state index contributed by atoms with van der Waals surface area (Å²) in [6.45, 7) is 5.22. The van der Waals surface area contributed by atoms with Gasteiger partial charge in [-0.25, -0.2) is 0 Å². The monoisotopic (exact) mass is 310 g/mol. The lowest BCUT2D eigenvalue weighted by Gasteiger charge is -2.38. The first kappa shape index (κ1) is 14.8. The minimum atomic E-state index is -3.29. The van der Waals surface area contributed by atoms with Crippen molar-refractivity contribution in [1.82, 2.24) is 13.9 Å². The first-order valence-corrected chi connectivity index (χ1v) is 8.83. The average Bonchev–Trinajstić information content (AvgIpc) is 2.57. The molecule has 0 aliphatic carbocycles. The maximum absolute atomic E-state index is 12.6. The van der Waals surface area contributed by atoms with Crippen LogP contribution < -0.4 is 10.2 Å². The SMILES string of the molecule is O=S(=O)(N1CCNCC1)N1CCN(c2ccccc2)CC1. The fourth-order valence-corrected chi connectivity index (χ4v) is 4.45. The van der Waals surface area contributed by atoms with E-state index in [0.29, 0.717) is 26.2 Å². The molecule has 2 saturated heterocycles. The van der Waals surface area contributed by atoms with Gasteiger partial charge in [-0.1, -0.05) is 18.2 Å². The van der Waals surface area contributed by atoms with E-state index in [-0.39, 0.29) is 0 Å². The zero-order valence-electron chi connectivity index (χ0n) is 12.1. The summed E-state index contributed by atoms with van der Waals surface area (Å²) >= 11 is 0. The van der Waals surface area contributed by atoms with Crippen LogP contribution in [0.25, 0.3) is 0 Å². The van der Waals surface area contributed by atoms with E-state index in [1.54, 1.807) is 8.61 Å². The highest BCUT2D eigenvalue weighted by atomic mass is 32.2. The molecule has 0 amide bonds. The average molecular weight is 310 g/mol. The molecule has 0 spiro atoms.